The molecular formula is C18H18O5. The summed E-state index contributed by atoms with van der Waals surface area (Å²) in [5.41, 5.74) is -1.64. The van der Waals surface area contributed by atoms with Crippen molar-refractivity contribution in [3.8, 4) is 11.5 Å². The number of aliphatic hydroxyl groups is 2. The minimum atomic E-state index is -2.13. The molecule has 2 aromatic rings. The molecule has 0 spiro atoms. The molecule has 0 saturated heterocycles. The molecule has 0 aromatic heterocycles. The van der Waals surface area contributed by atoms with Crippen molar-refractivity contribution in [2.24, 2.45) is 0 Å². The summed E-state index contributed by atoms with van der Waals surface area (Å²) in [5, 5.41) is 21.0. The first kappa shape index (κ1) is 15.5. The lowest BCUT2D eigenvalue weighted by atomic mass is 9.83. The zero-order valence-electron chi connectivity index (χ0n) is 12.9. The molecule has 23 heavy (non-hydrogen) atoms. The average Bonchev–Trinajstić information content (AvgIpc) is 2.53. The van der Waals surface area contributed by atoms with Gasteiger partial charge in [0, 0.05) is 6.07 Å². The van der Waals surface area contributed by atoms with Gasteiger partial charge in [-0.05, 0) is 31.5 Å². The van der Waals surface area contributed by atoms with Gasteiger partial charge < -0.3 is 19.7 Å². The Morgan fingerprint density at radius 3 is 2.52 bits per heavy atom. The molecule has 2 N–H and O–H groups in total. The first-order chi connectivity index (χ1) is 10.9. The fraction of sp³-hybridized carbons (Fsp3) is 0.278. The van der Waals surface area contributed by atoms with Crippen LogP contribution in [0.3, 0.4) is 0 Å². The summed E-state index contributed by atoms with van der Waals surface area (Å²) in [6, 6.07) is 13.0. The van der Waals surface area contributed by atoms with Gasteiger partial charge in [0.1, 0.15) is 11.5 Å². The molecule has 2 unspecified atom stereocenters. The van der Waals surface area contributed by atoms with Crippen LogP contribution in [-0.2, 0) is 5.60 Å². The number of ketones is 1. The Morgan fingerprint density at radius 1 is 1.17 bits per heavy atom. The Hall–Kier alpha value is -2.37. The van der Waals surface area contributed by atoms with E-state index in [-0.39, 0.29) is 23.0 Å². The average molecular weight is 314 g/mol. The van der Waals surface area contributed by atoms with Crippen LogP contribution in [0.5, 0.6) is 11.5 Å². The highest BCUT2D eigenvalue weighted by Gasteiger charge is 2.51. The lowest BCUT2D eigenvalue weighted by Gasteiger charge is -2.36. The number of ether oxygens (including phenoxy) is 2. The van der Waals surface area contributed by atoms with E-state index in [0.29, 0.717) is 5.75 Å². The van der Waals surface area contributed by atoms with Crippen molar-refractivity contribution in [2.75, 3.05) is 0 Å². The molecule has 5 heteroatoms. The van der Waals surface area contributed by atoms with Gasteiger partial charge in [0.2, 0.25) is 17.7 Å². The Morgan fingerprint density at radius 2 is 1.87 bits per heavy atom. The van der Waals surface area contributed by atoms with E-state index in [1.807, 2.05) is 13.8 Å². The standard InChI is InChI=1S/C18H18O5/c1-11(2)22-13-8-9-14-15(10-13)23-17(20)18(21,16(14)19)12-6-4-3-5-7-12/h3-11,17,20-21H,1-2H3. The van der Waals surface area contributed by atoms with Crippen LogP contribution in [0.4, 0.5) is 0 Å². The van der Waals surface area contributed by atoms with E-state index in [4.69, 9.17) is 9.47 Å². The number of benzene rings is 2. The molecule has 1 aliphatic heterocycles. The van der Waals surface area contributed by atoms with Gasteiger partial charge in [0.15, 0.2) is 0 Å². The molecule has 120 valence electrons. The Labute approximate surface area is 134 Å². The van der Waals surface area contributed by atoms with Gasteiger partial charge in [0.05, 0.1) is 11.7 Å². The van der Waals surface area contributed by atoms with Gasteiger partial charge in [-0.1, -0.05) is 30.3 Å². The monoisotopic (exact) mass is 314 g/mol. The lowest BCUT2D eigenvalue weighted by molar-refractivity contribution is -0.155. The molecule has 2 aromatic carbocycles. The molecule has 0 amide bonds. The van der Waals surface area contributed by atoms with Crippen molar-refractivity contribution in [2.45, 2.75) is 31.8 Å². The zero-order valence-corrected chi connectivity index (χ0v) is 12.9. The van der Waals surface area contributed by atoms with Gasteiger partial charge >= 0.3 is 0 Å². The van der Waals surface area contributed by atoms with Crippen LogP contribution in [-0.4, -0.2) is 28.4 Å². The molecule has 2 atom stereocenters. The van der Waals surface area contributed by atoms with Crippen LogP contribution in [0, 0.1) is 0 Å². The third-order valence-corrected chi connectivity index (χ3v) is 3.73. The van der Waals surface area contributed by atoms with Crippen LogP contribution in [0.1, 0.15) is 29.8 Å². The second-order valence-corrected chi connectivity index (χ2v) is 5.76. The van der Waals surface area contributed by atoms with Gasteiger partial charge in [-0.25, -0.2) is 0 Å². The molecule has 0 bridgehead atoms. The highest BCUT2D eigenvalue weighted by atomic mass is 16.6. The molecule has 0 aliphatic carbocycles. The molecule has 0 saturated carbocycles. The largest absolute Gasteiger partial charge is 0.491 e. The second-order valence-electron chi connectivity index (χ2n) is 5.76. The minimum Gasteiger partial charge on any atom is -0.491 e. The van der Waals surface area contributed by atoms with Gasteiger partial charge in [0.25, 0.3) is 0 Å². The SMILES string of the molecule is CC(C)Oc1ccc2c(c1)OC(O)C(O)(c1ccccc1)C2=O. The molecular weight excluding hydrogens is 296 g/mol. The number of carbonyl (C=O) groups is 1. The first-order valence-corrected chi connectivity index (χ1v) is 7.41. The molecule has 1 heterocycles. The third-order valence-electron chi connectivity index (χ3n) is 3.73. The van der Waals surface area contributed by atoms with Crippen LogP contribution < -0.4 is 9.47 Å². The predicted octanol–water partition coefficient (Wildman–Crippen LogP) is 2.26. The third kappa shape index (κ3) is 2.58. The van der Waals surface area contributed by atoms with Crippen molar-refractivity contribution >= 4 is 5.78 Å². The lowest BCUT2D eigenvalue weighted by Crippen LogP contribution is -2.52. The maximum Gasteiger partial charge on any atom is 0.238 e. The normalized spacial score (nSPS) is 23.3. The van der Waals surface area contributed by atoms with Gasteiger partial charge in [-0.15, -0.1) is 0 Å². The van der Waals surface area contributed by atoms with Gasteiger partial charge in [-0.2, -0.15) is 0 Å². The molecule has 0 radical (unpaired) electrons. The summed E-state index contributed by atoms with van der Waals surface area (Å²) in [6.07, 6.45) is -1.72. The topological polar surface area (TPSA) is 76.0 Å². The predicted molar refractivity (Wildman–Crippen MR) is 83.5 cm³/mol. The molecule has 0 fully saturated rings. The van der Waals surface area contributed by atoms with Crippen molar-refractivity contribution in [3.05, 3.63) is 59.7 Å². The van der Waals surface area contributed by atoms with E-state index in [1.165, 1.54) is 6.07 Å². The summed E-state index contributed by atoms with van der Waals surface area (Å²) < 4.78 is 11.0. The summed E-state index contributed by atoms with van der Waals surface area (Å²) in [6.45, 7) is 3.77. The van der Waals surface area contributed by atoms with E-state index in [1.54, 1.807) is 42.5 Å². The number of carbonyl (C=O) groups excluding carboxylic acids is 1. The summed E-state index contributed by atoms with van der Waals surface area (Å²) in [5.74, 6) is 0.124. The molecule has 3 rings (SSSR count). The number of Topliss-reactive ketones (excluding diaryl/α,β-unsaturated/α-hetero) is 1. The van der Waals surface area contributed by atoms with Crippen LogP contribution in [0.15, 0.2) is 48.5 Å². The fourth-order valence-corrected chi connectivity index (χ4v) is 2.62. The van der Waals surface area contributed by atoms with E-state index < -0.39 is 17.7 Å². The highest BCUT2D eigenvalue weighted by molar-refractivity contribution is 6.06. The van der Waals surface area contributed by atoms with Crippen LogP contribution in [0.2, 0.25) is 0 Å². The number of hydrogen-bond acceptors (Lipinski definition) is 5. The minimum absolute atomic E-state index is 0.0292. The Kier molecular flexibility index (Phi) is 3.83. The quantitative estimate of drug-likeness (QED) is 0.909. The maximum atomic E-state index is 12.8. The van der Waals surface area contributed by atoms with E-state index in [2.05, 4.69) is 0 Å². The highest BCUT2D eigenvalue weighted by Crippen LogP contribution is 2.40. The fourth-order valence-electron chi connectivity index (χ4n) is 2.62. The summed E-state index contributed by atoms with van der Waals surface area (Å²) >= 11 is 0. The smallest absolute Gasteiger partial charge is 0.238 e. The van der Waals surface area contributed by atoms with Crippen molar-refractivity contribution in [1.82, 2.24) is 0 Å². The number of aliphatic hydroxyl groups excluding tert-OH is 1. The number of fused-ring (bicyclic) bond motifs is 1. The zero-order chi connectivity index (χ0) is 16.6. The van der Waals surface area contributed by atoms with Crippen molar-refractivity contribution < 1.29 is 24.5 Å². The van der Waals surface area contributed by atoms with Crippen LogP contribution in [0.25, 0.3) is 0 Å². The first-order valence-electron chi connectivity index (χ1n) is 7.41. The summed E-state index contributed by atoms with van der Waals surface area (Å²) in [4.78, 5) is 12.8. The number of hydrogen-bond donors (Lipinski definition) is 2. The Balaban J connectivity index is 2.03. The van der Waals surface area contributed by atoms with Crippen LogP contribution >= 0.6 is 0 Å². The van der Waals surface area contributed by atoms with E-state index in [9.17, 15) is 15.0 Å². The molecule has 1 aliphatic rings. The Bertz CT molecular complexity index is 725. The van der Waals surface area contributed by atoms with Crippen molar-refractivity contribution in [3.63, 3.8) is 0 Å². The van der Waals surface area contributed by atoms with E-state index >= 15 is 0 Å². The molecule has 5 nitrogen and oxygen atoms in total. The second kappa shape index (κ2) is 5.68. The summed E-state index contributed by atoms with van der Waals surface area (Å²) in [7, 11) is 0. The van der Waals surface area contributed by atoms with E-state index in [0.717, 1.165) is 0 Å². The maximum absolute atomic E-state index is 12.8. The van der Waals surface area contributed by atoms with Crippen molar-refractivity contribution in [1.29, 1.82) is 0 Å². The number of rotatable bonds is 3. The van der Waals surface area contributed by atoms with Gasteiger partial charge in [-0.3, -0.25) is 4.79 Å².